The van der Waals surface area contributed by atoms with E-state index < -0.39 is 5.97 Å². The van der Waals surface area contributed by atoms with Crippen LogP contribution in [0.3, 0.4) is 0 Å². The molecule has 0 amide bonds. The number of carboxylic acid groups (broad SMARTS) is 1. The largest absolute Gasteiger partial charge is 0.481 e. The van der Waals surface area contributed by atoms with Gasteiger partial charge in [-0.05, 0) is 50.4 Å². The zero-order valence-corrected chi connectivity index (χ0v) is 27.9. The van der Waals surface area contributed by atoms with Gasteiger partial charge in [-0.25, -0.2) is 0 Å². The van der Waals surface area contributed by atoms with Gasteiger partial charge in [0.2, 0.25) is 0 Å². The van der Waals surface area contributed by atoms with Crippen LogP contribution in [0.2, 0.25) is 0 Å². The molecule has 0 aromatic rings. The van der Waals surface area contributed by atoms with Gasteiger partial charge in [-0.1, -0.05) is 150 Å². The second-order valence-corrected chi connectivity index (χ2v) is 13.1. The Bertz CT molecular complexity index is 604. The lowest BCUT2D eigenvalue weighted by molar-refractivity contribution is -0.161. The van der Waals surface area contributed by atoms with E-state index in [9.17, 15) is 9.59 Å². The predicted molar refractivity (Wildman–Crippen MR) is 172 cm³/mol. The van der Waals surface area contributed by atoms with Gasteiger partial charge < -0.3 is 9.84 Å². The van der Waals surface area contributed by atoms with Crippen molar-refractivity contribution in [3.63, 3.8) is 0 Å². The Morgan fingerprint density at radius 3 is 1.55 bits per heavy atom. The smallest absolute Gasteiger partial charge is 0.312 e. The van der Waals surface area contributed by atoms with Crippen LogP contribution in [0.1, 0.15) is 189 Å². The maximum absolute atomic E-state index is 13.6. The Labute approximate surface area is 250 Å². The lowest BCUT2D eigenvalue weighted by Gasteiger charge is -2.37. The molecule has 0 bridgehead atoms. The molecule has 0 aromatic heterocycles. The lowest BCUT2D eigenvalue weighted by atomic mass is 9.69. The van der Waals surface area contributed by atoms with E-state index in [0.717, 1.165) is 44.9 Å². The second-order valence-electron chi connectivity index (χ2n) is 13.1. The predicted octanol–water partition coefficient (Wildman–Crippen LogP) is 11.5. The molecule has 4 unspecified atom stereocenters. The summed E-state index contributed by atoms with van der Waals surface area (Å²) in [5.74, 6) is 0.839. The molecule has 0 fully saturated rings. The Morgan fingerprint density at radius 1 is 0.650 bits per heavy atom. The molecule has 1 N–H and O–H groups in total. The van der Waals surface area contributed by atoms with Crippen LogP contribution in [-0.4, -0.2) is 23.7 Å². The zero-order chi connectivity index (χ0) is 30.1. The van der Waals surface area contributed by atoms with E-state index in [1.807, 2.05) is 0 Å². The minimum atomic E-state index is -0.670. The standard InChI is InChI=1S/C36H70O4/c1-7-11-26-32(9-3)29-36(6,35(39)40-30-33(10-4)27-12-8-2)31(5)25-23-21-19-17-15-13-14-16-18-20-22-24-28-34(37)38/h31-33H,7-30H2,1-6H3,(H,37,38). The summed E-state index contributed by atoms with van der Waals surface area (Å²) in [6.45, 7) is 14.1. The van der Waals surface area contributed by atoms with Gasteiger partial charge in [-0.15, -0.1) is 0 Å². The number of rotatable bonds is 29. The molecule has 0 aliphatic rings. The number of carbonyl (C=O) groups excluding carboxylic acids is 1. The van der Waals surface area contributed by atoms with E-state index >= 15 is 0 Å². The number of aliphatic carboxylic acids is 1. The van der Waals surface area contributed by atoms with Crippen LogP contribution in [0.4, 0.5) is 0 Å². The molecular weight excluding hydrogens is 496 g/mol. The second kappa shape index (κ2) is 25.6. The van der Waals surface area contributed by atoms with Crippen molar-refractivity contribution >= 4 is 11.9 Å². The van der Waals surface area contributed by atoms with Crippen molar-refractivity contribution in [2.24, 2.45) is 23.2 Å². The summed E-state index contributed by atoms with van der Waals surface area (Å²) < 4.78 is 6.09. The van der Waals surface area contributed by atoms with Crippen LogP contribution in [0.25, 0.3) is 0 Å². The van der Waals surface area contributed by atoms with E-state index in [4.69, 9.17) is 9.84 Å². The Balaban J connectivity index is 4.52. The molecular formula is C36H70O4. The van der Waals surface area contributed by atoms with Crippen LogP contribution in [0, 0.1) is 23.2 Å². The maximum atomic E-state index is 13.6. The summed E-state index contributed by atoms with van der Waals surface area (Å²) in [5.41, 5.74) is -0.384. The average Bonchev–Trinajstić information content (AvgIpc) is 2.94. The zero-order valence-electron chi connectivity index (χ0n) is 27.9. The van der Waals surface area contributed by atoms with Crippen molar-refractivity contribution in [1.82, 2.24) is 0 Å². The molecule has 0 radical (unpaired) electrons. The number of carboxylic acids is 1. The summed E-state index contributed by atoms with van der Waals surface area (Å²) in [5, 5.41) is 8.69. The maximum Gasteiger partial charge on any atom is 0.312 e. The fourth-order valence-corrected chi connectivity index (χ4v) is 6.10. The first kappa shape index (κ1) is 38.9. The van der Waals surface area contributed by atoms with Crippen molar-refractivity contribution in [1.29, 1.82) is 0 Å². The summed E-state index contributed by atoms with van der Waals surface area (Å²) in [6, 6.07) is 0. The van der Waals surface area contributed by atoms with E-state index in [2.05, 4.69) is 41.5 Å². The first-order chi connectivity index (χ1) is 19.2. The van der Waals surface area contributed by atoms with Gasteiger partial charge in [0.25, 0.3) is 0 Å². The highest BCUT2D eigenvalue weighted by Gasteiger charge is 2.41. The summed E-state index contributed by atoms with van der Waals surface area (Å²) in [7, 11) is 0. The summed E-state index contributed by atoms with van der Waals surface area (Å²) in [4.78, 5) is 24.2. The van der Waals surface area contributed by atoms with Gasteiger partial charge in [0.1, 0.15) is 0 Å². The molecule has 0 aromatic carbocycles. The molecule has 0 aliphatic carbocycles. The van der Waals surface area contributed by atoms with E-state index in [-0.39, 0.29) is 11.4 Å². The lowest BCUT2D eigenvalue weighted by Crippen LogP contribution is -2.39. The number of ether oxygens (including phenoxy) is 1. The van der Waals surface area contributed by atoms with Crippen LogP contribution < -0.4 is 0 Å². The van der Waals surface area contributed by atoms with Gasteiger partial charge in [0.15, 0.2) is 0 Å². The van der Waals surface area contributed by atoms with Crippen molar-refractivity contribution in [3.8, 4) is 0 Å². The number of hydrogen-bond acceptors (Lipinski definition) is 3. The Morgan fingerprint density at radius 2 is 1.10 bits per heavy atom. The first-order valence-electron chi connectivity index (χ1n) is 17.6. The molecule has 238 valence electrons. The average molecular weight is 567 g/mol. The van der Waals surface area contributed by atoms with Crippen molar-refractivity contribution in [2.45, 2.75) is 189 Å². The van der Waals surface area contributed by atoms with Gasteiger partial charge in [-0.3, -0.25) is 9.59 Å². The first-order valence-corrected chi connectivity index (χ1v) is 17.6. The van der Waals surface area contributed by atoms with Gasteiger partial charge in [-0.2, -0.15) is 0 Å². The third-order valence-electron chi connectivity index (χ3n) is 9.58. The SMILES string of the molecule is CCCCC(CC)COC(=O)C(C)(CC(CC)CCCC)C(C)CCCCCCCCCCCCCCC(=O)O. The molecule has 40 heavy (non-hydrogen) atoms. The normalized spacial score (nSPS) is 15.3. The van der Waals surface area contributed by atoms with Crippen molar-refractivity contribution < 1.29 is 19.4 Å². The molecule has 4 nitrogen and oxygen atoms in total. The quantitative estimate of drug-likeness (QED) is 0.0722. The van der Waals surface area contributed by atoms with Crippen LogP contribution in [-0.2, 0) is 14.3 Å². The highest BCUT2D eigenvalue weighted by Crippen LogP contribution is 2.41. The van der Waals surface area contributed by atoms with E-state index in [1.165, 1.54) is 96.3 Å². The van der Waals surface area contributed by atoms with Gasteiger partial charge in [0, 0.05) is 6.42 Å². The fourth-order valence-electron chi connectivity index (χ4n) is 6.10. The van der Waals surface area contributed by atoms with Gasteiger partial charge >= 0.3 is 11.9 Å². The minimum absolute atomic E-state index is 0.0618. The molecule has 0 saturated heterocycles. The number of unbranched alkanes of at least 4 members (excludes halogenated alkanes) is 13. The third-order valence-corrected chi connectivity index (χ3v) is 9.58. The molecule has 0 rings (SSSR count). The minimum Gasteiger partial charge on any atom is -0.481 e. The van der Waals surface area contributed by atoms with Crippen LogP contribution in [0.5, 0.6) is 0 Å². The molecule has 0 aliphatic heterocycles. The monoisotopic (exact) mass is 567 g/mol. The van der Waals surface area contributed by atoms with Crippen LogP contribution in [0.15, 0.2) is 0 Å². The third kappa shape index (κ3) is 19.1. The number of esters is 1. The summed E-state index contributed by atoms with van der Waals surface area (Å²) >= 11 is 0. The van der Waals surface area contributed by atoms with E-state index in [1.54, 1.807) is 0 Å². The molecule has 0 spiro atoms. The fraction of sp³-hybridized carbons (Fsp3) is 0.944. The molecule has 4 heteroatoms. The molecule has 4 atom stereocenters. The number of carbonyl (C=O) groups is 2. The van der Waals surface area contributed by atoms with E-state index in [0.29, 0.717) is 30.8 Å². The molecule has 0 saturated carbocycles. The van der Waals surface area contributed by atoms with Crippen molar-refractivity contribution in [2.75, 3.05) is 6.61 Å². The Hall–Kier alpha value is -1.06. The topological polar surface area (TPSA) is 63.6 Å². The Kier molecular flexibility index (Phi) is 25.0. The van der Waals surface area contributed by atoms with Crippen LogP contribution >= 0.6 is 0 Å². The van der Waals surface area contributed by atoms with Crippen molar-refractivity contribution in [3.05, 3.63) is 0 Å². The highest BCUT2D eigenvalue weighted by atomic mass is 16.5. The highest BCUT2D eigenvalue weighted by molar-refractivity contribution is 5.76. The number of hydrogen-bond donors (Lipinski definition) is 1. The summed E-state index contributed by atoms with van der Waals surface area (Å²) in [6.07, 6.45) is 26.5. The van der Waals surface area contributed by atoms with Gasteiger partial charge in [0.05, 0.1) is 12.0 Å². The molecule has 0 heterocycles.